The van der Waals surface area contributed by atoms with Crippen LogP contribution in [0.2, 0.25) is 0 Å². The highest BCUT2D eigenvalue weighted by molar-refractivity contribution is 5.94. The third-order valence-electron chi connectivity index (χ3n) is 2.06. The van der Waals surface area contributed by atoms with Crippen molar-refractivity contribution in [2.45, 2.75) is 20.3 Å². The molecule has 4 heteroatoms. The number of halogens is 2. The number of phenols is 1. The minimum absolute atomic E-state index is 0.100. The van der Waals surface area contributed by atoms with Crippen LogP contribution in [0.3, 0.4) is 0 Å². The fourth-order valence-electron chi connectivity index (χ4n) is 1.15. The van der Waals surface area contributed by atoms with Crippen LogP contribution >= 0.6 is 0 Å². The van der Waals surface area contributed by atoms with Gasteiger partial charge in [-0.2, -0.15) is 0 Å². The molecule has 2 nitrogen and oxygen atoms in total. The predicted molar refractivity (Wildman–Crippen MR) is 47.8 cm³/mol. The zero-order valence-electron chi connectivity index (χ0n) is 7.84. The van der Waals surface area contributed by atoms with E-state index in [1.165, 1.54) is 19.9 Å². The third kappa shape index (κ3) is 1.89. The average molecular weight is 200 g/mol. The van der Waals surface area contributed by atoms with E-state index in [-0.39, 0.29) is 28.2 Å². The van der Waals surface area contributed by atoms with Crippen molar-refractivity contribution in [3.63, 3.8) is 0 Å². The summed E-state index contributed by atoms with van der Waals surface area (Å²) in [6.07, 6.45) is -2.68. The highest BCUT2D eigenvalue weighted by Gasteiger charge is 2.15. The lowest BCUT2D eigenvalue weighted by atomic mass is 10.0. The van der Waals surface area contributed by atoms with Gasteiger partial charge in [-0.1, -0.05) is 0 Å². The van der Waals surface area contributed by atoms with Gasteiger partial charge in [0.05, 0.1) is 0 Å². The molecule has 0 saturated heterocycles. The molecule has 0 radical (unpaired) electrons. The number of rotatable bonds is 2. The summed E-state index contributed by atoms with van der Waals surface area (Å²) in [4.78, 5) is 10.9. The van der Waals surface area contributed by atoms with Crippen LogP contribution < -0.4 is 0 Å². The first-order valence-corrected chi connectivity index (χ1v) is 4.06. The van der Waals surface area contributed by atoms with E-state index >= 15 is 0 Å². The van der Waals surface area contributed by atoms with Crippen molar-refractivity contribution >= 4 is 5.78 Å². The van der Waals surface area contributed by atoms with Crippen LogP contribution in [-0.4, -0.2) is 10.9 Å². The Labute approximate surface area is 80.2 Å². The topological polar surface area (TPSA) is 37.3 Å². The van der Waals surface area contributed by atoms with Gasteiger partial charge in [0.1, 0.15) is 5.75 Å². The van der Waals surface area contributed by atoms with E-state index in [4.69, 9.17) is 0 Å². The van der Waals surface area contributed by atoms with Crippen LogP contribution in [0.1, 0.15) is 34.8 Å². The molecule has 1 rings (SSSR count). The predicted octanol–water partition coefficient (Wildman–Crippen LogP) is 2.84. The zero-order valence-corrected chi connectivity index (χ0v) is 7.84. The lowest BCUT2D eigenvalue weighted by Gasteiger charge is -2.08. The summed E-state index contributed by atoms with van der Waals surface area (Å²) >= 11 is 0. The SMILES string of the molecule is CC(=O)c1cc(O)c(C)c(C(F)F)c1. The Morgan fingerprint density at radius 2 is 2.00 bits per heavy atom. The van der Waals surface area contributed by atoms with Crippen molar-refractivity contribution in [1.29, 1.82) is 0 Å². The van der Waals surface area contributed by atoms with Crippen LogP contribution in [0, 0.1) is 6.92 Å². The molecule has 0 saturated carbocycles. The first-order chi connectivity index (χ1) is 6.43. The summed E-state index contributed by atoms with van der Waals surface area (Å²) < 4.78 is 24.9. The number of alkyl halides is 2. The van der Waals surface area contributed by atoms with E-state index in [1.807, 2.05) is 0 Å². The molecule has 0 amide bonds. The molecule has 0 heterocycles. The molecule has 0 aromatic heterocycles. The Hall–Kier alpha value is -1.45. The second-order valence-electron chi connectivity index (χ2n) is 3.07. The Morgan fingerprint density at radius 1 is 1.43 bits per heavy atom. The monoisotopic (exact) mass is 200 g/mol. The maximum Gasteiger partial charge on any atom is 0.264 e. The van der Waals surface area contributed by atoms with Gasteiger partial charge >= 0.3 is 0 Å². The van der Waals surface area contributed by atoms with Gasteiger partial charge in [-0.15, -0.1) is 0 Å². The fraction of sp³-hybridized carbons (Fsp3) is 0.300. The van der Waals surface area contributed by atoms with Crippen molar-refractivity contribution in [2.75, 3.05) is 0 Å². The third-order valence-corrected chi connectivity index (χ3v) is 2.06. The summed E-state index contributed by atoms with van der Waals surface area (Å²) in [5, 5.41) is 9.29. The van der Waals surface area contributed by atoms with E-state index in [9.17, 15) is 18.7 Å². The van der Waals surface area contributed by atoms with Gasteiger partial charge < -0.3 is 5.11 Å². The van der Waals surface area contributed by atoms with Gasteiger partial charge in [-0.05, 0) is 31.5 Å². The molecule has 0 fully saturated rings. The lowest BCUT2D eigenvalue weighted by Crippen LogP contribution is -1.97. The minimum Gasteiger partial charge on any atom is -0.508 e. The molecule has 0 aliphatic rings. The van der Waals surface area contributed by atoms with Crippen LogP contribution in [0.15, 0.2) is 12.1 Å². The first-order valence-electron chi connectivity index (χ1n) is 4.06. The van der Waals surface area contributed by atoms with Gasteiger partial charge in [-0.3, -0.25) is 4.79 Å². The number of benzene rings is 1. The number of carbonyl (C=O) groups is 1. The molecule has 14 heavy (non-hydrogen) atoms. The summed E-state index contributed by atoms with van der Waals surface area (Å²) in [5.41, 5.74) is -0.0800. The van der Waals surface area contributed by atoms with Crippen molar-refractivity contribution in [1.82, 2.24) is 0 Å². The fourth-order valence-corrected chi connectivity index (χ4v) is 1.15. The number of hydrogen-bond donors (Lipinski definition) is 1. The van der Waals surface area contributed by atoms with Crippen LogP contribution in [0.4, 0.5) is 8.78 Å². The van der Waals surface area contributed by atoms with Crippen molar-refractivity contribution in [3.05, 3.63) is 28.8 Å². The number of carbonyl (C=O) groups excluding carboxylic acids is 1. The number of Topliss-reactive ketones (excluding diaryl/α,β-unsaturated/α-hetero) is 1. The molecule has 0 aliphatic heterocycles. The first kappa shape index (κ1) is 10.6. The maximum atomic E-state index is 12.4. The summed E-state index contributed by atoms with van der Waals surface area (Å²) in [5.74, 6) is -0.616. The van der Waals surface area contributed by atoms with Gasteiger partial charge in [0, 0.05) is 11.1 Å². The number of phenolic OH excluding ortho intramolecular Hbond substituents is 1. The molecule has 0 aliphatic carbocycles. The van der Waals surface area contributed by atoms with Gasteiger partial charge in [0.2, 0.25) is 0 Å². The molecule has 1 aromatic carbocycles. The van der Waals surface area contributed by atoms with Crippen LogP contribution in [0.25, 0.3) is 0 Å². The summed E-state index contributed by atoms with van der Waals surface area (Å²) in [6.45, 7) is 2.65. The molecular formula is C10H10F2O2. The van der Waals surface area contributed by atoms with Crippen molar-refractivity contribution in [3.8, 4) is 5.75 Å². The van der Waals surface area contributed by atoms with Gasteiger partial charge in [0.15, 0.2) is 5.78 Å². The van der Waals surface area contributed by atoms with E-state index in [1.54, 1.807) is 0 Å². The second kappa shape index (κ2) is 3.74. The van der Waals surface area contributed by atoms with Gasteiger partial charge in [0.25, 0.3) is 6.43 Å². The maximum absolute atomic E-state index is 12.4. The highest BCUT2D eigenvalue weighted by atomic mass is 19.3. The number of ketones is 1. The van der Waals surface area contributed by atoms with Crippen molar-refractivity contribution < 1.29 is 18.7 Å². The average Bonchev–Trinajstić information content (AvgIpc) is 2.08. The van der Waals surface area contributed by atoms with Crippen molar-refractivity contribution in [2.24, 2.45) is 0 Å². The van der Waals surface area contributed by atoms with E-state index in [0.29, 0.717) is 0 Å². The quantitative estimate of drug-likeness (QED) is 0.745. The summed E-state index contributed by atoms with van der Waals surface area (Å²) in [6, 6.07) is 2.31. The molecule has 0 atom stereocenters. The smallest absolute Gasteiger partial charge is 0.264 e. The van der Waals surface area contributed by atoms with E-state index in [0.717, 1.165) is 6.07 Å². The highest BCUT2D eigenvalue weighted by Crippen LogP contribution is 2.30. The standard InChI is InChI=1S/C10H10F2O2/c1-5-8(10(11)12)3-7(6(2)13)4-9(5)14/h3-4,10,14H,1-2H3. The van der Waals surface area contributed by atoms with Crippen LogP contribution in [-0.2, 0) is 0 Å². The Bertz CT molecular complexity index is 373. The zero-order chi connectivity index (χ0) is 10.9. The molecule has 76 valence electrons. The lowest BCUT2D eigenvalue weighted by molar-refractivity contribution is 0.101. The second-order valence-corrected chi connectivity index (χ2v) is 3.07. The normalized spacial score (nSPS) is 10.6. The molecule has 0 spiro atoms. The number of aromatic hydroxyl groups is 1. The molecule has 0 bridgehead atoms. The van der Waals surface area contributed by atoms with E-state index in [2.05, 4.69) is 0 Å². The molecule has 1 aromatic rings. The molecule has 1 N–H and O–H groups in total. The van der Waals surface area contributed by atoms with E-state index < -0.39 is 6.43 Å². The summed E-state index contributed by atoms with van der Waals surface area (Å²) in [7, 11) is 0. The number of hydrogen-bond acceptors (Lipinski definition) is 2. The minimum atomic E-state index is -2.68. The van der Waals surface area contributed by atoms with Gasteiger partial charge in [-0.25, -0.2) is 8.78 Å². The Kier molecular flexibility index (Phi) is 2.84. The van der Waals surface area contributed by atoms with Crippen LogP contribution in [0.5, 0.6) is 5.75 Å². The molecular weight excluding hydrogens is 190 g/mol. The largest absolute Gasteiger partial charge is 0.508 e. The Balaban J connectivity index is 3.35. The molecule has 0 unspecified atom stereocenters. The Morgan fingerprint density at radius 3 is 2.43 bits per heavy atom.